The standard InChI is InChI=1S/C18H29NS/c1-18(2,3)16-6-4-14(5-7-16)12-17(19)13-15-8-10-20-11-9-15/h4-7,15,17H,8-13,19H2,1-3H3. The Morgan fingerprint density at radius 2 is 1.75 bits per heavy atom. The molecular formula is C18H29NS. The van der Waals surface area contributed by atoms with Crippen LogP contribution in [0.5, 0.6) is 0 Å². The van der Waals surface area contributed by atoms with Crippen molar-refractivity contribution in [3.63, 3.8) is 0 Å². The van der Waals surface area contributed by atoms with Gasteiger partial charge in [0, 0.05) is 6.04 Å². The minimum atomic E-state index is 0.237. The molecule has 1 atom stereocenters. The molecule has 0 bridgehead atoms. The molecule has 0 amide bonds. The second-order valence-corrected chi connectivity index (χ2v) is 8.43. The van der Waals surface area contributed by atoms with Crippen molar-refractivity contribution in [2.45, 2.75) is 57.9 Å². The molecule has 1 aliphatic rings. The van der Waals surface area contributed by atoms with Gasteiger partial charge in [0.1, 0.15) is 0 Å². The predicted molar refractivity (Wildman–Crippen MR) is 91.5 cm³/mol. The molecule has 2 heteroatoms. The fraction of sp³-hybridized carbons (Fsp3) is 0.667. The van der Waals surface area contributed by atoms with E-state index >= 15 is 0 Å². The molecule has 1 heterocycles. The van der Waals surface area contributed by atoms with Gasteiger partial charge in [-0.05, 0) is 59.6 Å². The molecule has 1 aliphatic heterocycles. The van der Waals surface area contributed by atoms with Crippen molar-refractivity contribution in [2.24, 2.45) is 11.7 Å². The average Bonchev–Trinajstić information content (AvgIpc) is 2.39. The van der Waals surface area contributed by atoms with E-state index in [2.05, 4.69) is 56.8 Å². The molecule has 0 saturated carbocycles. The first-order chi connectivity index (χ1) is 9.45. The van der Waals surface area contributed by atoms with Gasteiger partial charge in [-0.3, -0.25) is 0 Å². The summed E-state index contributed by atoms with van der Waals surface area (Å²) in [6.07, 6.45) is 4.94. The van der Waals surface area contributed by atoms with Gasteiger partial charge in [0.15, 0.2) is 0 Å². The van der Waals surface area contributed by atoms with E-state index < -0.39 is 0 Å². The highest BCUT2D eigenvalue weighted by atomic mass is 32.2. The van der Waals surface area contributed by atoms with Gasteiger partial charge in [-0.1, -0.05) is 45.0 Å². The summed E-state index contributed by atoms with van der Waals surface area (Å²) < 4.78 is 0. The molecule has 0 aliphatic carbocycles. The minimum Gasteiger partial charge on any atom is -0.327 e. The third kappa shape index (κ3) is 4.82. The summed E-state index contributed by atoms with van der Waals surface area (Å²) in [4.78, 5) is 0. The summed E-state index contributed by atoms with van der Waals surface area (Å²) >= 11 is 2.09. The van der Waals surface area contributed by atoms with Gasteiger partial charge >= 0.3 is 0 Å². The average molecular weight is 292 g/mol. The summed E-state index contributed by atoms with van der Waals surface area (Å²) in [5, 5.41) is 0. The second-order valence-electron chi connectivity index (χ2n) is 7.20. The molecule has 112 valence electrons. The Balaban J connectivity index is 1.86. The maximum atomic E-state index is 6.35. The number of rotatable bonds is 4. The van der Waals surface area contributed by atoms with Gasteiger partial charge in [-0.2, -0.15) is 11.8 Å². The van der Waals surface area contributed by atoms with Crippen molar-refractivity contribution in [3.05, 3.63) is 35.4 Å². The summed E-state index contributed by atoms with van der Waals surface area (Å²) in [7, 11) is 0. The van der Waals surface area contributed by atoms with E-state index in [1.165, 1.54) is 41.9 Å². The fourth-order valence-electron chi connectivity index (χ4n) is 2.94. The zero-order valence-electron chi connectivity index (χ0n) is 13.2. The number of thioether (sulfide) groups is 1. The SMILES string of the molecule is CC(C)(C)c1ccc(CC(N)CC2CCSCC2)cc1. The molecule has 2 rings (SSSR count). The van der Waals surface area contributed by atoms with Crippen LogP contribution in [0.2, 0.25) is 0 Å². The number of nitrogens with two attached hydrogens (primary N) is 1. The Morgan fingerprint density at radius 1 is 1.15 bits per heavy atom. The van der Waals surface area contributed by atoms with Gasteiger partial charge < -0.3 is 5.73 Å². The van der Waals surface area contributed by atoms with Crippen molar-refractivity contribution in [2.75, 3.05) is 11.5 Å². The molecule has 0 aromatic heterocycles. The lowest BCUT2D eigenvalue weighted by molar-refractivity contribution is 0.406. The van der Waals surface area contributed by atoms with Crippen LogP contribution in [0.25, 0.3) is 0 Å². The van der Waals surface area contributed by atoms with Crippen molar-refractivity contribution >= 4 is 11.8 Å². The molecule has 20 heavy (non-hydrogen) atoms. The quantitative estimate of drug-likeness (QED) is 0.890. The Kier molecular flexibility index (Phi) is 5.57. The summed E-state index contributed by atoms with van der Waals surface area (Å²) in [6, 6.07) is 9.37. The maximum absolute atomic E-state index is 6.35. The normalized spacial score (nSPS) is 19.0. The van der Waals surface area contributed by atoms with E-state index in [9.17, 15) is 0 Å². The van der Waals surface area contributed by atoms with Crippen LogP contribution in [0.15, 0.2) is 24.3 Å². The zero-order valence-corrected chi connectivity index (χ0v) is 14.0. The largest absolute Gasteiger partial charge is 0.327 e. The molecule has 0 spiro atoms. The van der Waals surface area contributed by atoms with Crippen LogP contribution >= 0.6 is 11.8 Å². The van der Waals surface area contributed by atoms with Crippen LogP contribution in [0.4, 0.5) is 0 Å². The second kappa shape index (κ2) is 7.00. The van der Waals surface area contributed by atoms with Gasteiger partial charge in [-0.25, -0.2) is 0 Å². The van der Waals surface area contributed by atoms with E-state index in [1.807, 2.05) is 0 Å². The van der Waals surface area contributed by atoms with Crippen molar-refractivity contribution in [1.29, 1.82) is 0 Å². The Hall–Kier alpha value is -0.470. The lowest BCUT2D eigenvalue weighted by atomic mass is 9.86. The fourth-order valence-corrected chi connectivity index (χ4v) is 4.14. The predicted octanol–water partition coefficient (Wildman–Crippen LogP) is 4.39. The lowest BCUT2D eigenvalue weighted by Gasteiger charge is -2.24. The van der Waals surface area contributed by atoms with E-state index in [0.29, 0.717) is 6.04 Å². The monoisotopic (exact) mass is 291 g/mol. The topological polar surface area (TPSA) is 26.0 Å². The Labute approximate surface area is 128 Å². The molecule has 1 aromatic carbocycles. The van der Waals surface area contributed by atoms with Crippen LogP contribution in [-0.2, 0) is 11.8 Å². The van der Waals surface area contributed by atoms with E-state index in [0.717, 1.165) is 12.3 Å². The van der Waals surface area contributed by atoms with Crippen LogP contribution < -0.4 is 5.73 Å². The Bertz CT molecular complexity index is 398. The van der Waals surface area contributed by atoms with Gasteiger partial charge in [-0.15, -0.1) is 0 Å². The molecule has 1 unspecified atom stereocenters. The van der Waals surface area contributed by atoms with Crippen LogP contribution in [-0.4, -0.2) is 17.5 Å². The van der Waals surface area contributed by atoms with Gasteiger partial charge in [0.05, 0.1) is 0 Å². The summed E-state index contributed by atoms with van der Waals surface area (Å²) in [6.45, 7) is 6.78. The van der Waals surface area contributed by atoms with Crippen LogP contribution in [0, 0.1) is 5.92 Å². The van der Waals surface area contributed by atoms with Crippen LogP contribution in [0.1, 0.15) is 51.2 Å². The third-order valence-electron chi connectivity index (χ3n) is 4.29. The summed E-state index contributed by atoms with van der Waals surface area (Å²) in [5.74, 6) is 3.52. The lowest BCUT2D eigenvalue weighted by Crippen LogP contribution is -2.27. The highest BCUT2D eigenvalue weighted by Gasteiger charge is 2.18. The number of hydrogen-bond acceptors (Lipinski definition) is 2. The molecule has 1 saturated heterocycles. The van der Waals surface area contributed by atoms with Gasteiger partial charge in [0.25, 0.3) is 0 Å². The zero-order chi connectivity index (χ0) is 14.6. The Morgan fingerprint density at radius 3 is 2.30 bits per heavy atom. The molecule has 2 N–H and O–H groups in total. The number of hydrogen-bond donors (Lipinski definition) is 1. The molecule has 1 fully saturated rings. The minimum absolute atomic E-state index is 0.237. The van der Waals surface area contributed by atoms with Gasteiger partial charge in [0.2, 0.25) is 0 Å². The van der Waals surface area contributed by atoms with Crippen molar-refractivity contribution < 1.29 is 0 Å². The highest BCUT2D eigenvalue weighted by molar-refractivity contribution is 7.99. The maximum Gasteiger partial charge on any atom is 0.00819 e. The van der Waals surface area contributed by atoms with Crippen molar-refractivity contribution in [1.82, 2.24) is 0 Å². The molecule has 1 nitrogen and oxygen atoms in total. The molecule has 0 radical (unpaired) electrons. The first-order valence-corrected chi connectivity index (χ1v) is 9.03. The first kappa shape index (κ1) is 15.9. The highest BCUT2D eigenvalue weighted by Crippen LogP contribution is 2.27. The van der Waals surface area contributed by atoms with E-state index in [1.54, 1.807) is 0 Å². The van der Waals surface area contributed by atoms with E-state index in [-0.39, 0.29) is 5.41 Å². The first-order valence-electron chi connectivity index (χ1n) is 7.88. The summed E-state index contributed by atoms with van der Waals surface area (Å²) in [5.41, 5.74) is 9.38. The van der Waals surface area contributed by atoms with Crippen LogP contribution in [0.3, 0.4) is 0 Å². The van der Waals surface area contributed by atoms with Crippen molar-refractivity contribution in [3.8, 4) is 0 Å². The molecule has 1 aromatic rings. The number of benzene rings is 1. The molecular weight excluding hydrogens is 262 g/mol. The third-order valence-corrected chi connectivity index (χ3v) is 5.34. The van der Waals surface area contributed by atoms with E-state index in [4.69, 9.17) is 5.73 Å². The smallest absolute Gasteiger partial charge is 0.00819 e.